The van der Waals surface area contributed by atoms with Gasteiger partial charge in [-0.25, -0.2) is 19.7 Å². The van der Waals surface area contributed by atoms with Gasteiger partial charge in [-0.3, -0.25) is 10.1 Å². The topological polar surface area (TPSA) is 94.1 Å². The van der Waals surface area contributed by atoms with Crippen LogP contribution in [0.1, 0.15) is 25.7 Å². The van der Waals surface area contributed by atoms with Gasteiger partial charge in [-0.05, 0) is 6.92 Å². The van der Waals surface area contributed by atoms with Gasteiger partial charge >= 0.3 is 5.97 Å². The summed E-state index contributed by atoms with van der Waals surface area (Å²) in [6, 6.07) is 9.47. The van der Waals surface area contributed by atoms with Crippen LogP contribution in [0.25, 0.3) is 11.4 Å². The summed E-state index contributed by atoms with van der Waals surface area (Å²) in [6.07, 6.45) is 2.90. The van der Waals surface area contributed by atoms with Crippen LogP contribution < -0.4 is 5.32 Å². The van der Waals surface area contributed by atoms with Crippen molar-refractivity contribution in [2.24, 2.45) is 0 Å². The number of nitrogens with zero attached hydrogens (tertiary/aromatic N) is 3. The van der Waals surface area contributed by atoms with E-state index in [-0.39, 0.29) is 0 Å². The minimum absolute atomic E-state index is 0.298. The number of ether oxygens (including phenoxy) is 1. The number of hydrogen-bond acceptors (Lipinski definition) is 7. The molecule has 3 rings (SSSR count). The molecule has 1 amide bonds. The second-order valence-corrected chi connectivity index (χ2v) is 6.04. The molecule has 1 aromatic carbocycles. The monoisotopic (exact) mass is 354 g/mol. The first kappa shape index (κ1) is 16.7. The lowest BCUT2D eigenvalue weighted by Crippen LogP contribution is -2.12. The molecular formula is C17H14N4O3S. The van der Waals surface area contributed by atoms with Crippen molar-refractivity contribution in [3.8, 4) is 11.4 Å². The Morgan fingerprint density at radius 1 is 1.12 bits per heavy atom. The van der Waals surface area contributed by atoms with Crippen molar-refractivity contribution in [1.82, 2.24) is 15.0 Å². The standard InChI is InChI=1S/C17H14N4O3S/c1-10-13(16(23)24-2)25-17(20-10)21-15(22)12-8-18-14(19-9-12)11-6-4-3-5-7-11/h3-9H,1-2H3,(H,20,21,22). The molecule has 2 aromatic heterocycles. The molecule has 0 radical (unpaired) electrons. The fraction of sp³-hybridized carbons (Fsp3) is 0.118. The van der Waals surface area contributed by atoms with Crippen LogP contribution in [0.2, 0.25) is 0 Å². The number of methoxy groups -OCH3 is 1. The summed E-state index contributed by atoms with van der Waals surface area (Å²) in [5, 5.41) is 2.95. The number of anilines is 1. The van der Waals surface area contributed by atoms with Gasteiger partial charge in [0.2, 0.25) is 0 Å². The molecule has 0 saturated heterocycles. The van der Waals surface area contributed by atoms with Crippen LogP contribution in [0.5, 0.6) is 0 Å². The third kappa shape index (κ3) is 3.69. The van der Waals surface area contributed by atoms with Gasteiger partial charge in [0.05, 0.1) is 18.4 Å². The highest BCUT2D eigenvalue weighted by atomic mass is 32.1. The minimum atomic E-state index is -0.481. The van der Waals surface area contributed by atoms with Gasteiger partial charge in [0.15, 0.2) is 11.0 Å². The van der Waals surface area contributed by atoms with Crippen molar-refractivity contribution in [3.63, 3.8) is 0 Å². The molecule has 0 saturated carbocycles. The molecule has 3 aromatic rings. The summed E-state index contributed by atoms with van der Waals surface area (Å²) in [4.78, 5) is 36.8. The van der Waals surface area contributed by atoms with Crippen molar-refractivity contribution >= 4 is 28.3 Å². The molecule has 0 bridgehead atoms. The van der Waals surface area contributed by atoms with Crippen LogP contribution >= 0.6 is 11.3 Å². The number of thiazole rings is 1. The Morgan fingerprint density at radius 3 is 2.44 bits per heavy atom. The van der Waals surface area contributed by atoms with Crippen molar-refractivity contribution < 1.29 is 14.3 Å². The molecule has 0 aliphatic heterocycles. The summed E-state index contributed by atoms with van der Waals surface area (Å²) in [7, 11) is 1.30. The molecule has 7 nitrogen and oxygen atoms in total. The van der Waals surface area contributed by atoms with Crippen molar-refractivity contribution in [2.75, 3.05) is 12.4 Å². The summed E-state index contributed by atoms with van der Waals surface area (Å²) >= 11 is 1.06. The average molecular weight is 354 g/mol. The van der Waals surface area contributed by atoms with Gasteiger partial charge in [-0.1, -0.05) is 41.7 Å². The molecule has 0 aliphatic rings. The summed E-state index contributed by atoms with van der Waals surface area (Å²) in [6.45, 7) is 1.68. The third-order valence-corrected chi connectivity index (χ3v) is 4.39. The van der Waals surface area contributed by atoms with E-state index in [9.17, 15) is 9.59 Å². The van der Waals surface area contributed by atoms with E-state index in [4.69, 9.17) is 0 Å². The minimum Gasteiger partial charge on any atom is -0.465 e. The number of rotatable bonds is 4. The summed E-state index contributed by atoms with van der Waals surface area (Å²) < 4.78 is 4.67. The number of aromatic nitrogens is 3. The van der Waals surface area contributed by atoms with Gasteiger partial charge in [0.1, 0.15) is 4.88 Å². The number of nitrogens with one attached hydrogen (secondary N) is 1. The quantitative estimate of drug-likeness (QED) is 0.724. The molecule has 0 aliphatic carbocycles. The van der Waals surface area contributed by atoms with Crippen molar-refractivity contribution in [2.45, 2.75) is 6.92 Å². The fourth-order valence-electron chi connectivity index (χ4n) is 2.08. The molecule has 0 unspecified atom stereocenters. The predicted octanol–water partition coefficient (Wildman–Crippen LogP) is 2.95. The van der Waals surface area contributed by atoms with Crippen molar-refractivity contribution in [1.29, 1.82) is 0 Å². The number of esters is 1. The zero-order chi connectivity index (χ0) is 17.8. The summed E-state index contributed by atoms with van der Waals surface area (Å²) in [5.41, 5.74) is 1.67. The summed E-state index contributed by atoms with van der Waals surface area (Å²) in [5.74, 6) is -0.342. The van der Waals surface area contributed by atoms with E-state index < -0.39 is 11.9 Å². The van der Waals surface area contributed by atoms with Crippen LogP contribution in [0.3, 0.4) is 0 Å². The lowest BCUT2D eigenvalue weighted by Gasteiger charge is -2.03. The second-order valence-electron chi connectivity index (χ2n) is 5.04. The van der Waals surface area contributed by atoms with Gasteiger partial charge in [0, 0.05) is 18.0 Å². The number of carbonyl (C=O) groups is 2. The van der Waals surface area contributed by atoms with E-state index in [1.807, 2.05) is 30.3 Å². The largest absolute Gasteiger partial charge is 0.465 e. The highest BCUT2D eigenvalue weighted by Gasteiger charge is 2.17. The molecule has 126 valence electrons. The van der Waals surface area contributed by atoms with E-state index in [0.717, 1.165) is 16.9 Å². The smallest absolute Gasteiger partial charge is 0.350 e. The molecule has 25 heavy (non-hydrogen) atoms. The van der Waals surface area contributed by atoms with E-state index >= 15 is 0 Å². The highest BCUT2D eigenvalue weighted by Crippen LogP contribution is 2.23. The molecule has 2 heterocycles. The lowest BCUT2D eigenvalue weighted by atomic mass is 10.2. The van der Waals surface area contributed by atoms with Crippen LogP contribution in [0.15, 0.2) is 42.7 Å². The highest BCUT2D eigenvalue weighted by molar-refractivity contribution is 7.17. The maximum atomic E-state index is 12.3. The van der Waals surface area contributed by atoms with E-state index in [2.05, 4.69) is 25.0 Å². The average Bonchev–Trinajstić information content (AvgIpc) is 3.02. The van der Waals surface area contributed by atoms with Gasteiger partial charge in [-0.2, -0.15) is 0 Å². The number of aryl methyl sites for hydroxylation is 1. The van der Waals surface area contributed by atoms with E-state index in [1.165, 1.54) is 19.5 Å². The molecule has 1 N–H and O–H groups in total. The Balaban J connectivity index is 1.75. The van der Waals surface area contributed by atoms with Crippen LogP contribution in [-0.4, -0.2) is 33.9 Å². The number of carbonyl (C=O) groups excluding carboxylic acids is 2. The number of benzene rings is 1. The van der Waals surface area contributed by atoms with Crippen molar-refractivity contribution in [3.05, 3.63) is 58.9 Å². The zero-order valence-corrected chi connectivity index (χ0v) is 14.3. The van der Waals surface area contributed by atoms with E-state index in [1.54, 1.807) is 6.92 Å². The van der Waals surface area contributed by atoms with Gasteiger partial charge in [0.25, 0.3) is 5.91 Å². The number of hydrogen-bond donors (Lipinski definition) is 1. The molecule has 8 heteroatoms. The maximum Gasteiger partial charge on any atom is 0.350 e. The normalized spacial score (nSPS) is 10.3. The Morgan fingerprint density at radius 2 is 1.80 bits per heavy atom. The third-order valence-electron chi connectivity index (χ3n) is 3.33. The molecule has 0 spiro atoms. The first-order valence-electron chi connectivity index (χ1n) is 7.33. The molecule has 0 atom stereocenters. The Labute approximate surface area is 147 Å². The fourth-order valence-corrected chi connectivity index (χ4v) is 2.96. The van der Waals surface area contributed by atoms with Crippen LogP contribution in [0, 0.1) is 6.92 Å². The maximum absolute atomic E-state index is 12.3. The Hall–Kier alpha value is -3.13. The van der Waals surface area contributed by atoms with Crippen LogP contribution in [0.4, 0.5) is 5.13 Å². The van der Waals surface area contributed by atoms with Crippen LogP contribution in [-0.2, 0) is 4.74 Å². The first-order chi connectivity index (χ1) is 12.1. The van der Waals surface area contributed by atoms with E-state index in [0.29, 0.717) is 27.1 Å². The lowest BCUT2D eigenvalue weighted by molar-refractivity contribution is 0.0605. The second kappa shape index (κ2) is 7.18. The SMILES string of the molecule is COC(=O)c1sc(NC(=O)c2cnc(-c3ccccc3)nc2)nc1C. The van der Waals surface area contributed by atoms with Gasteiger partial charge < -0.3 is 4.74 Å². The molecule has 0 fully saturated rings. The Bertz CT molecular complexity index is 907. The Kier molecular flexibility index (Phi) is 4.80. The van der Waals surface area contributed by atoms with Gasteiger partial charge in [-0.15, -0.1) is 0 Å². The first-order valence-corrected chi connectivity index (χ1v) is 8.14. The zero-order valence-electron chi connectivity index (χ0n) is 13.5. The molecular weight excluding hydrogens is 340 g/mol. The predicted molar refractivity (Wildman–Crippen MR) is 93.6 cm³/mol. The number of amides is 1.